The Morgan fingerprint density at radius 1 is 1.13 bits per heavy atom. The smallest absolute Gasteiger partial charge is 0.370 e. The first-order chi connectivity index (χ1) is 14.2. The zero-order chi connectivity index (χ0) is 21.7. The predicted octanol–water partition coefficient (Wildman–Crippen LogP) is 5.01. The number of anilines is 1. The number of aromatic nitrogens is 1. The van der Waals surface area contributed by atoms with Gasteiger partial charge in [0.15, 0.2) is 0 Å². The van der Waals surface area contributed by atoms with Gasteiger partial charge in [0.05, 0.1) is 17.7 Å². The molecule has 1 heterocycles. The van der Waals surface area contributed by atoms with Gasteiger partial charge in [-0.25, -0.2) is 4.98 Å². The Bertz CT molecular complexity index is 971. The fourth-order valence-electron chi connectivity index (χ4n) is 2.87. The molecule has 1 aromatic heterocycles. The summed E-state index contributed by atoms with van der Waals surface area (Å²) >= 11 is 1.30. The van der Waals surface area contributed by atoms with Crippen molar-refractivity contribution in [2.45, 2.75) is 25.6 Å². The van der Waals surface area contributed by atoms with Crippen molar-refractivity contribution in [1.29, 1.82) is 0 Å². The van der Waals surface area contributed by atoms with E-state index in [1.54, 1.807) is 5.38 Å². The molecule has 2 aromatic carbocycles. The van der Waals surface area contributed by atoms with Gasteiger partial charge in [-0.3, -0.25) is 4.79 Å². The summed E-state index contributed by atoms with van der Waals surface area (Å²) in [5, 5.41) is 5.26. The molecule has 0 aliphatic heterocycles. The average Bonchev–Trinajstić information content (AvgIpc) is 3.20. The third kappa shape index (κ3) is 5.60. The molecule has 0 saturated heterocycles. The highest BCUT2D eigenvalue weighted by Crippen LogP contribution is 2.31. The first kappa shape index (κ1) is 21.8. The maximum absolute atomic E-state index is 12.7. The van der Waals surface area contributed by atoms with E-state index in [-0.39, 0.29) is 18.4 Å². The minimum atomic E-state index is -4.36. The summed E-state index contributed by atoms with van der Waals surface area (Å²) in [6.45, 7) is 2.51. The van der Waals surface area contributed by atoms with Gasteiger partial charge < -0.3 is 10.2 Å². The number of para-hydroxylation sites is 1. The third-order valence-corrected chi connectivity index (χ3v) is 5.71. The van der Waals surface area contributed by atoms with Crippen molar-refractivity contribution in [2.75, 3.05) is 18.5 Å². The van der Waals surface area contributed by atoms with E-state index in [0.717, 1.165) is 17.8 Å². The van der Waals surface area contributed by atoms with Crippen LogP contribution in [0.5, 0.6) is 0 Å². The van der Waals surface area contributed by atoms with Crippen LogP contribution in [0.25, 0.3) is 10.6 Å². The van der Waals surface area contributed by atoms with Crippen LogP contribution in [0, 0.1) is 0 Å². The van der Waals surface area contributed by atoms with Gasteiger partial charge in [-0.1, -0.05) is 30.3 Å². The Labute approximate surface area is 177 Å². The van der Waals surface area contributed by atoms with E-state index in [0.29, 0.717) is 22.8 Å². The Morgan fingerprint density at radius 3 is 2.43 bits per heavy atom. The van der Waals surface area contributed by atoms with E-state index < -0.39 is 11.7 Å². The summed E-state index contributed by atoms with van der Waals surface area (Å²) in [6.07, 6.45) is -4.24. The second kappa shape index (κ2) is 9.30. The predicted molar refractivity (Wildman–Crippen MR) is 114 cm³/mol. The average molecular weight is 433 g/mol. The Morgan fingerprint density at radius 2 is 1.80 bits per heavy atom. The maximum atomic E-state index is 12.7. The quantitative estimate of drug-likeness (QED) is 0.570. The largest absolute Gasteiger partial charge is 0.416 e. The lowest BCUT2D eigenvalue weighted by molar-refractivity contribution is -0.137. The number of thiazole rings is 1. The lowest BCUT2D eigenvalue weighted by Crippen LogP contribution is -2.40. The van der Waals surface area contributed by atoms with Crippen LogP contribution in [0.15, 0.2) is 60.0 Å². The first-order valence-corrected chi connectivity index (χ1v) is 10.3. The minimum Gasteiger partial charge on any atom is -0.370 e. The summed E-state index contributed by atoms with van der Waals surface area (Å²) in [5.74, 6) is -0.146. The number of alkyl halides is 3. The van der Waals surface area contributed by atoms with Crippen molar-refractivity contribution in [3.8, 4) is 10.6 Å². The van der Waals surface area contributed by atoms with Crippen LogP contribution in [0.4, 0.5) is 18.9 Å². The minimum absolute atomic E-state index is 0.106. The number of nitrogens with one attached hydrogen (secondary N) is 1. The van der Waals surface area contributed by atoms with E-state index >= 15 is 0 Å². The number of amides is 1. The van der Waals surface area contributed by atoms with Gasteiger partial charge in [-0.05, 0) is 31.2 Å². The highest BCUT2D eigenvalue weighted by atomic mass is 32.1. The van der Waals surface area contributed by atoms with Crippen LogP contribution in [-0.2, 0) is 17.4 Å². The zero-order valence-electron chi connectivity index (χ0n) is 16.6. The van der Waals surface area contributed by atoms with Crippen molar-refractivity contribution in [3.05, 3.63) is 71.2 Å². The normalized spacial score (nSPS) is 12.4. The molecule has 1 N–H and O–H groups in total. The van der Waals surface area contributed by atoms with Crippen LogP contribution >= 0.6 is 11.3 Å². The molecule has 0 aliphatic rings. The van der Waals surface area contributed by atoms with E-state index in [2.05, 4.69) is 15.2 Å². The lowest BCUT2D eigenvalue weighted by atomic mass is 10.1. The number of halogens is 3. The fraction of sp³-hybridized carbons (Fsp3) is 0.273. The number of hydrogen-bond acceptors (Lipinski definition) is 4. The molecule has 0 saturated carbocycles. The van der Waals surface area contributed by atoms with Gasteiger partial charge in [-0.15, -0.1) is 11.3 Å². The molecule has 0 fully saturated rings. The summed E-state index contributed by atoms with van der Waals surface area (Å²) < 4.78 is 38.1. The molecule has 0 aliphatic carbocycles. The molecule has 30 heavy (non-hydrogen) atoms. The summed E-state index contributed by atoms with van der Waals surface area (Å²) in [6, 6.07) is 14.9. The molecule has 1 atom stereocenters. The molecule has 3 aromatic rings. The van der Waals surface area contributed by atoms with Crippen LogP contribution in [0.1, 0.15) is 18.2 Å². The SMILES string of the molecule is CC(CNC(=O)Cc1csc(-c2ccc(C(F)(F)F)cc2)n1)N(C)c1ccccc1. The molecule has 0 radical (unpaired) electrons. The number of carbonyl (C=O) groups excluding carboxylic acids is 1. The van der Waals surface area contributed by atoms with E-state index in [4.69, 9.17) is 0 Å². The van der Waals surface area contributed by atoms with Gasteiger partial charge >= 0.3 is 6.18 Å². The number of likely N-dealkylation sites (N-methyl/N-ethyl adjacent to an activating group) is 1. The maximum Gasteiger partial charge on any atom is 0.416 e. The number of hydrogen-bond donors (Lipinski definition) is 1. The Kier molecular flexibility index (Phi) is 6.77. The third-order valence-electron chi connectivity index (χ3n) is 4.77. The molecule has 0 bridgehead atoms. The van der Waals surface area contributed by atoms with Crippen molar-refractivity contribution >= 4 is 22.9 Å². The van der Waals surface area contributed by atoms with E-state index in [1.165, 1.54) is 23.5 Å². The molecule has 3 rings (SSSR count). The number of benzene rings is 2. The fourth-order valence-corrected chi connectivity index (χ4v) is 3.69. The van der Waals surface area contributed by atoms with Crippen LogP contribution in [0.3, 0.4) is 0 Å². The first-order valence-electron chi connectivity index (χ1n) is 9.40. The molecule has 1 amide bonds. The molecule has 1 unspecified atom stereocenters. The summed E-state index contributed by atoms with van der Waals surface area (Å²) in [5.41, 5.74) is 1.56. The Hall–Kier alpha value is -2.87. The second-order valence-electron chi connectivity index (χ2n) is 7.00. The van der Waals surface area contributed by atoms with Gasteiger partial charge in [0.1, 0.15) is 5.01 Å². The molecular weight excluding hydrogens is 411 g/mol. The molecule has 8 heteroatoms. The van der Waals surface area contributed by atoms with Gasteiger partial charge in [0.2, 0.25) is 5.91 Å². The number of rotatable bonds is 7. The van der Waals surface area contributed by atoms with Gasteiger partial charge in [0, 0.05) is 36.3 Å². The van der Waals surface area contributed by atoms with Crippen molar-refractivity contribution in [3.63, 3.8) is 0 Å². The number of nitrogens with zero attached hydrogens (tertiary/aromatic N) is 2. The van der Waals surface area contributed by atoms with Crippen molar-refractivity contribution < 1.29 is 18.0 Å². The van der Waals surface area contributed by atoms with Crippen LogP contribution in [-0.4, -0.2) is 30.5 Å². The van der Waals surface area contributed by atoms with Gasteiger partial charge in [0.25, 0.3) is 0 Å². The number of carbonyl (C=O) groups is 1. The lowest BCUT2D eigenvalue weighted by Gasteiger charge is -2.27. The summed E-state index contributed by atoms with van der Waals surface area (Å²) in [7, 11) is 1.98. The molecule has 0 spiro atoms. The van der Waals surface area contributed by atoms with Crippen molar-refractivity contribution in [1.82, 2.24) is 10.3 Å². The van der Waals surface area contributed by atoms with E-state index in [1.807, 2.05) is 44.3 Å². The second-order valence-corrected chi connectivity index (χ2v) is 7.85. The topological polar surface area (TPSA) is 45.2 Å². The van der Waals surface area contributed by atoms with Crippen LogP contribution in [0.2, 0.25) is 0 Å². The highest BCUT2D eigenvalue weighted by Gasteiger charge is 2.30. The molecule has 158 valence electrons. The van der Waals surface area contributed by atoms with Crippen LogP contribution < -0.4 is 10.2 Å². The summed E-state index contributed by atoms with van der Waals surface area (Å²) in [4.78, 5) is 18.8. The zero-order valence-corrected chi connectivity index (χ0v) is 17.4. The molecular formula is C22H22F3N3OS. The Balaban J connectivity index is 1.53. The van der Waals surface area contributed by atoms with Crippen molar-refractivity contribution in [2.24, 2.45) is 0 Å². The standard InChI is InChI=1S/C22H22F3N3OS/c1-15(28(2)19-6-4-3-5-7-19)13-26-20(29)12-18-14-30-21(27-18)16-8-10-17(11-9-16)22(23,24)25/h3-11,14-15H,12-13H2,1-2H3,(H,26,29). The monoisotopic (exact) mass is 433 g/mol. The highest BCUT2D eigenvalue weighted by molar-refractivity contribution is 7.13. The molecule has 4 nitrogen and oxygen atoms in total. The van der Waals surface area contributed by atoms with Gasteiger partial charge in [-0.2, -0.15) is 13.2 Å². The van der Waals surface area contributed by atoms with E-state index in [9.17, 15) is 18.0 Å².